The smallest absolute Gasteiger partial charge is 0.259 e. The number of anilines is 2. The number of hydrogen-bond donors (Lipinski definition) is 2. The molecule has 1 amide bonds. The zero-order chi connectivity index (χ0) is 13.8. The predicted octanol–water partition coefficient (Wildman–Crippen LogP) is 3.44. The van der Waals surface area contributed by atoms with Gasteiger partial charge >= 0.3 is 0 Å². The van der Waals surface area contributed by atoms with E-state index in [9.17, 15) is 4.79 Å². The zero-order valence-corrected chi connectivity index (χ0v) is 12.1. The SMILES string of the molecule is CCNc1cc(C)ccc1C(=O)Nc1nc(C)cs1. The summed E-state index contributed by atoms with van der Waals surface area (Å²) >= 11 is 1.43. The Balaban J connectivity index is 2.23. The minimum Gasteiger partial charge on any atom is -0.385 e. The average molecular weight is 275 g/mol. The lowest BCUT2D eigenvalue weighted by Crippen LogP contribution is -2.14. The van der Waals surface area contributed by atoms with E-state index in [1.807, 2.05) is 44.4 Å². The van der Waals surface area contributed by atoms with Crippen LogP contribution in [0.5, 0.6) is 0 Å². The third-order valence-electron chi connectivity index (χ3n) is 2.63. The summed E-state index contributed by atoms with van der Waals surface area (Å²) in [6.07, 6.45) is 0. The summed E-state index contributed by atoms with van der Waals surface area (Å²) in [6.45, 7) is 6.70. The summed E-state index contributed by atoms with van der Waals surface area (Å²) in [5.41, 5.74) is 3.53. The number of nitrogens with one attached hydrogen (secondary N) is 2. The van der Waals surface area contributed by atoms with Crippen molar-refractivity contribution in [1.29, 1.82) is 0 Å². The highest BCUT2D eigenvalue weighted by Crippen LogP contribution is 2.21. The van der Waals surface area contributed by atoms with Crippen molar-refractivity contribution in [2.45, 2.75) is 20.8 Å². The highest BCUT2D eigenvalue weighted by atomic mass is 32.1. The number of hydrogen-bond acceptors (Lipinski definition) is 4. The lowest BCUT2D eigenvalue weighted by molar-refractivity contribution is 0.102. The fourth-order valence-corrected chi connectivity index (χ4v) is 2.45. The van der Waals surface area contributed by atoms with Gasteiger partial charge in [0.15, 0.2) is 5.13 Å². The van der Waals surface area contributed by atoms with Crippen LogP contribution in [0.15, 0.2) is 23.6 Å². The summed E-state index contributed by atoms with van der Waals surface area (Å²) in [7, 11) is 0. The molecule has 0 aliphatic rings. The summed E-state index contributed by atoms with van der Waals surface area (Å²) in [6, 6.07) is 5.75. The summed E-state index contributed by atoms with van der Waals surface area (Å²) in [5.74, 6) is -0.134. The van der Waals surface area contributed by atoms with Gasteiger partial charge in [-0.3, -0.25) is 10.1 Å². The van der Waals surface area contributed by atoms with Crippen molar-refractivity contribution in [3.8, 4) is 0 Å². The first kappa shape index (κ1) is 13.5. The van der Waals surface area contributed by atoms with E-state index in [-0.39, 0.29) is 5.91 Å². The molecular weight excluding hydrogens is 258 g/mol. The lowest BCUT2D eigenvalue weighted by Gasteiger charge is -2.11. The van der Waals surface area contributed by atoms with Crippen LogP contribution in [-0.4, -0.2) is 17.4 Å². The largest absolute Gasteiger partial charge is 0.385 e. The van der Waals surface area contributed by atoms with Crippen molar-refractivity contribution in [2.75, 3.05) is 17.2 Å². The number of aryl methyl sites for hydroxylation is 2. The molecule has 0 fully saturated rings. The molecule has 0 saturated carbocycles. The van der Waals surface area contributed by atoms with Crippen LogP contribution in [0.3, 0.4) is 0 Å². The molecule has 0 atom stereocenters. The Morgan fingerprint density at radius 1 is 1.37 bits per heavy atom. The Bertz CT molecular complexity index is 592. The van der Waals surface area contributed by atoms with E-state index in [0.717, 1.165) is 23.5 Å². The normalized spacial score (nSPS) is 10.3. The van der Waals surface area contributed by atoms with Crippen LogP contribution in [-0.2, 0) is 0 Å². The van der Waals surface area contributed by atoms with E-state index in [4.69, 9.17) is 0 Å². The molecule has 100 valence electrons. The number of carbonyl (C=O) groups is 1. The van der Waals surface area contributed by atoms with Crippen LogP contribution in [0.4, 0.5) is 10.8 Å². The van der Waals surface area contributed by atoms with Crippen molar-refractivity contribution in [2.24, 2.45) is 0 Å². The number of nitrogens with zero attached hydrogens (tertiary/aromatic N) is 1. The first-order chi connectivity index (χ1) is 9.10. The van der Waals surface area contributed by atoms with Crippen molar-refractivity contribution >= 4 is 28.1 Å². The van der Waals surface area contributed by atoms with E-state index in [0.29, 0.717) is 10.7 Å². The molecule has 1 aromatic carbocycles. The van der Waals surface area contributed by atoms with Crippen molar-refractivity contribution in [3.63, 3.8) is 0 Å². The molecule has 1 aromatic heterocycles. The monoisotopic (exact) mass is 275 g/mol. The quantitative estimate of drug-likeness (QED) is 0.898. The van der Waals surface area contributed by atoms with E-state index in [1.165, 1.54) is 11.3 Å². The zero-order valence-electron chi connectivity index (χ0n) is 11.3. The van der Waals surface area contributed by atoms with Gasteiger partial charge in [-0.25, -0.2) is 4.98 Å². The van der Waals surface area contributed by atoms with E-state index < -0.39 is 0 Å². The van der Waals surface area contributed by atoms with Crippen LogP contribution < -0.4 is 10.6 Å². The average Bonchev–Trinajstić information content (AvgIpc) is 2.75. The second-order valence-electron chi connectivity index (χ2n) is 4.33. The Hall–Kier alpha value is -1.88. The van der Waals surface area contributed by atoms with E-state index in [2.05, 4.69) is 15.6 Å². The van der Waals surface area contributed by atoms with Gasteiger partial charge in [-0.2, -0.15) is 0 Å². The summed E-state index contributed by atoms with van der Waals surface area (Å²) < 4.78 is 0. The van der Waals surface area contributed by atoms with Gasteiger partial charge in [0.05, 0.1) is 11.3 Å². The standard InChI is InChI=1S/C14H17N3OS/c1-4-15-12-7-9(2)5-6-11(12)13(18)17-14-16-10(3)8-19-14/h5-8,15H,4H2,1-3H3,(H,16,17,18). The molecule has 4 nitrogen and oxygen atoms in total. The molecule has 2 aromatic rings. The topological polar surface area (TPSA) is 54.0 Å². The molecule has 0 aliphatic heterocycles. The third-order valence-corrected chi connectivity index (χ3v) is 3.50. The van der Waals surface area contributed by atoms with Crippen LogP contribution in [0.2, 0.25) is 0 Å². The Morgan fingerprint density at radius 2 is 2.16 bits per heavy atom. The van der Waals surface area contributed by atoms with E-state index in [1.54, 1.807) is 0 Å². The van der Waals surface area contributed by atoms with Crippen LogP contribution in [0, 0.1) is 13.8 Å². The highest BCUT2D eigenvalue weighted by molar-refractivity contribution is 7.13. The van der Waals surface area contributed by atoms with Gasteiger partial charge in [0, 0.05) is 17.6 Å². The van der Waals surface area contributed by atoms with Gasteiger partial charge in [-0.05, 0) is 38.5 Å². The number of carbonyl (C=O) groups excluding carboxylic acids is 1. The minimum absolute atomic E-state index is 0.134. The fraction of sp³-hybridized carbons (Fsp3) is 0.286. The van der Waals surface area contributed by atoms with Gasteiger partial charge in [0.1, 0.15) is 0 Å². The number of rotatable bonds is 4. The fourth-order valence-electron chi connectivity index (χ4n) is 1.77. The first-order valence-electron chi connectivity index (χ1n) is 6.18. The minimum atomic E-state index is -0.134. The molecule has 0 aliphatic carbocycles. The van der Waals surface area contributed by atoms with Crippen molar-refractivity contribution < 1.29 is 4.79 Å². The second-order valence-corrected chi connectivity index (χ2v) is 5.19. The van der Waals surface area contributed by atoms with Gasteiger partial charge < -0.3 is 5.32 Å². The molecule has 0 spiro atoms. The van der Waals surface area contributed by atoms with Crippen molar-refractivity contribution in [1.82, 2.24) is 4.98 Å². The molecule has 2 N–H and O–H groups in total. The van der Waals surface area contributed by atoms with Gasteiger partial charge in [0.2, 0.25) is 0 Å². The van der Waals surface area contributed by atoms with Crippen molar-refractivity contribution in [3.05, 3.63) is 40.4 Å². The van der Waals surface area contributed by atoms with Gasteiger partial charge in [-0.15, -0.1) is 11.3 Å². The maximum Gasteiger partial charge on any atom is 0.259 e. The molecule has 0 saturated heterocycles. The Labute approximate surface area is 116 Å². The second kappa shape index (κ2) is 5.84. The molecular formula is C14H17N3OS. The molecule has 5 heteroatoms. The lowest BCUT2D eigenvalue weighted by atomic mass is 10.1. The number of benzene rings is 1. The first-order valence-corrected chi connectivity index (χ1v) is 7.06. The molecule has 0 radical (unpaired) electrons. The maximum atomic E-state index is 12.2. The molecule has 0 bridgehead atoms. The van der Waals surface area contributed by atoms with Crippen LogP contribution >= 0.6 is 11.3 Å². The third kappa shape index (κ3) is 3.32. The van der Waals surface area contributed by atoms with E-state index >= 15 is 0 Å². The summed E-state index contributed by atoms with van der Waals surface area (Å²) in [5, 5.41) is 8.58. The molecule has 0 unspecified atom stereocenters. The van der Waals surface area contributed by atoms with Crippen LogP contribution in [0.1, 0.15) is 28.5 Å². The Kier molecular flexibility index (Phi) is 4.16. The number of aromatic nitrogens is 1. The van der Waals surface area contributed by atoms with Crippen LogP contribution in [0.25, 0.3) is 0 Å². The molecule has 1 heterocycles. The highest BCUT2D eigenvalue weighted by Gasteiger charge is 2.12. The van der Waals surface area contributed by atoms with Gasteiger partial charge in [-0.1, -0.05) is 6.07 Å². The predicted molar refractivity (Wildman–Crippen MR) is 80.1 cm³/mol. The number of thiazole rings is 1. The number of amides is 1. The Morgan fingerprint density at radius 3 is 2.79 bits per heavy atom. The summed E-state index contributed by atoms with van der Waals surface area (Å²) in [4.78, 5) is 16.5. The maximum absolute atomic E-state index is 12.2. The van der Waals surface area contributed by atoms with Gasteiger partial charge in [0.25, 0.3) is 5.91 Å². The molecule has 19 heavy (non-hydrogen) atoms. The molecule has 2 rings (SSSR count).